The van der Waals surface area contributed by atoms with Crippen LogP contribution in [-0.4, -0.2) is 33.5 Å². The second-order valence-corrected chi connectivity index (χ2v) is 8.88. The number of anilines is 1. The molecule has 0 aromatic heterocycles. The summed E-state index contributed by atoms with van der Waals surface area (Å²) in [6, 6.07) is 14.9. The smallest absolute Gasteiger partial charge is 0.261 e. The van der Waals surface area contributed by atoms with E-state index in [1.165, 1.54) is 5.56 Å². The van der Waals surface area contributed by atoms with Crippen molar-refractivity contribution >= 4 is 15.7 Å². The molecular weight excluding hydrogens is 332 g/mol. The summed E-state index contributed by atoms with van der Waals surface area (Å²) in [6.45, 7) is 6.36. The number of sulfonamides is 1. The summed E-state index contributed by atoms with van der Waals surface area (Å²) in [5.74, 6) is 0.922. The lowest BCUT2D eigenvalue weighted by atomic mass is 9.98. The van der Waals surface area contributed by atoms with Crippen LogP contribution in [0.15, 0.2) is 53.4 Å². The lowest BCUT2D eigenvalue weighted by Gasteiger charge is -2.13. The van der Waals surface area contributed by atoms with Gasteiger partial charge in [-0.15, -0.1) is 0 Å². The van der Waals surface area contributed by atoms with E-state index in [1.54, 1.807) is 12.1 Å². The first-order valence-electron chi connectivity index (χ1n) is 8.76. The quantitative estimate of drug-likeness (QED) is 0.878. The van der Waals surface area contributed by atoms with Crippen molar-refractivity contribution in [2.45, 2.75) is 37.0 Å². The zero-order valence-electron chi connectivity index (χ0n) is 15.1. The molecule has 0 amide bonds. The van der Waals surface area contributed by atoms with Crippen LogP contribution in [0, 0.1) is 0 Å². The van der Waals surface area contributed by atoms with Gasteiger partial charge in [0.25, 0.3) is 10.0 Å². The maximum absolute atomic E-state index is 12.5. The number of nitrogens with one attached hydrogen (secondary N) is 1. The number of hydrogen-bond donors (Lipinski definition) is 1. The number of hydrogen-bond acceptors (Lipinski definition) is 3. The van der Waals surface area contributed by atoms with Crippen LogP contribution in [0.1, 0.15) is 43.2 Å². The molecule has 5 heteroatoms. The Hall–Kier alpha value is -1.85. The molecule has 1 fully saturated rings. The largest absolute Gasteiger partial charge is 0.306 e. The molecule has 2 aromatic rings. The zero-order valence-corrected chi connectivity index (χ0v) is 15.9. The number of likely N-dealkylation sites (N-methyl/N-ethyl adjacent to an activating group) is 1. The molecule has 1 N–H and O–H groups in total. The van der Waals surface area contributed by atoms with Gasteiger partial charge in [0.15, 0.2) is 0 Å². The minimum atomic E-state index is -3.55. The van der Waals surface area contributed by atoms with E-state index in [-0.39, 0.29) is 0 Å². The fourth-order valence-corrected chi connectivity index (χ4v) is 4.34. The molecule has 0 radical (unpaired) electrons. The Morgan fingerprint density at radius 2 is 1.68 bits per heavy atom. The Balaban J connectivity index is 1.72. The van der Waals surface area contributed by atoms with E-state index in [4.69, 9.17) is 0 Å². The van der Waals surface area contributed by atoms with E-state index in [9.17, 15) is 8.42 Å². The Labute approximate surface area is 150 Å². The van der Waals surface area contributed by atoms with Gasteiger partial charge in [-0.25, -0.2) is 8.42 Å². The molecule has 0 spiro atoms. The molecule has 1 aliphatic heterocycles. The van der Waals surface area contributed by atoms with Crippen LogP contribution in [0.3, 0.4) is 0 Å². The van der Waals surface area contributed by atoms with E-state index in [0.717, 1.165) is 25.1 Å². The first kappa shape index (κ1) is 18.0. The summed E-state index contributed by atoms with van der Waals surface area (Å²) in [5, 5.41) is 0. The Morgan fingerprint density at radius 1 is 1.04 bits per heavy atom. The molecule has 1 aliphatic rings. The van der Waals surface area contributed by atoms with Crippen LogP contribution in [0.4, 0.5) is 5.69 Å². The highest BCUT2D eigenvalue weighted by atomic mass is 32.2. The highest BCUT2D eigenvalue weighted by Crippen LogP contribution is 2.27. The number of likely N-dealkylation sites (tertiary alicyclic amines) is 1. The van der Waals surface area contributed by atoms with E-state index in [1.807, 2.05) is 36.4 Å². The molecule has 0 aliphatic carbocycles. The minimum Gasteiger partial charge on any atom is -0.306 e. The number of nitrogens with zero attached hydrogens (tertiary/aromatic N) is 1. The third-order valence-corrected chi connectivity index (χ3v) is 6.28. The molecule has 1 atom stereocenters. The van der Waals surface area contributed by atoms with Gasteiger partial charge in [0.1, 0.15) is 0 Å². The topological polar surface area (TPSA) is 49.4 Å². The molecule has 1 saturated heterocycles. The molecule has 0 bridgehead atoms. The van der Waals surface area contributed by atoms with Gasteiger partial charge in [-0.1, -0.05) is 38.1 Å². The van der Waals surface area contributed by atoms with Crippen LogP contribution >= 0.6 is 0 Å². The summed E-state index contributed by atoms with van der Waals surface area (Å²) in [7, 11) is -1.42. The molecule has 0 unspecified atom stereocenters. The van der Waals surface area contributed by atoms with Gasteiger partial charge < -0.3 is 4.90 Å². The van der Waals surface area contributed by atoms with Crippen LogP contribution < -0.4 is 4.72 Å². The SMILES string of the molecule is CC(C)c1ccc(S(=O)(=O)Nc2ccc([C@@H]3CCN(C)C3)cc2)cc1. The van der Waals surface area contributed by atoms with Gasteiger partial charge in [-0.05, 0) is 67.2 Å². The Morgan fingerprint density at radius 3 is 2.20 bits per heavy atom. The lowest BCUT2D eigenvalue weighted by molar-refractivity contribution is 0.411. The summed E-state index contributed by atoms with van der Waals surface area (Å²) in [4.78, 5) is 2.61. The molecule has 0 saturated carbocycles. The van der Waals surface area contributed by atoms with Crippen molar-refractivity contribution in [3.8, 4) is 0 Å². The summed E-state index contributed by atoms with van der Waals surface area (Å²) >= 11 is 0. The molecule has 2 aromatic carbocycles. The molecule has 25 heavy (non-hydrogen) atoms. The van der Waals surface area contributed by atoms with Crippen LogP contribution in [-0.2, 0) is 10.0 Å². The fourth-order valence-electron chi connectivity index (χ4n) is 3.28. The third-order valence-electron chi connectivity index (χ3n) is 4.88. The second-order valence-electron chi connectivity index (χ2n) is 7.20. The average Bonchev–Trinajstić information content (AvgIpc) is 3.02. The van der Waals surface area contributed by atoms with Gasteiger partial charge in [0.05, 0.1) is 4.90 Å². The highest BCUT2D eigenvalue weighted by molar-refractivity contribution is 7.92. The first-order valence-corrected chi connectivity index (χ1v) is 10.2. The molecule has 4 nitrogen and oxygen atoms in total. The van der Waals surface area contributed by atoms with Gasteiger partial charge in [-0.2, -0.15) is 0 Å². The van der Waals surface area contributed by atoms with E-state index >= 15 is 0 Å². The second kappa shape index (κ2) is 7.18. The predicted molar refractivity (Wildman–Crippen MR) is 103 cm³/mol. The summed E-state index contributed by atoms with van der Waals surface area (Å²) < 4.78 is 27.8. The Kier molecular flexibility index (Phi) is 5.16. The van der Waals surface area contributed by atoms with Crippen molar-refractivity contribution in [1.82, 2.24) is 4.90 Å². The van der Waals surface area contributed by atoms with Gasteiger partial charge in [0.2, 0.25) is 0 Å². The van der Waals surface area contributed by atoms with E-state index in [2.05, 4.69) is 30.5 Å². The maximum Gasteiger partial charge on any atom is 0.261 e. The standard InChI is InChI=1S/C20H26N2O2S/c1-15(2)16-6-10-20(11-7-16)25(23,24)21-19-8-4-17(5-9-19)18-12-13-22(3)14-18/h4-11,15,18,21H,12-14H2,1-3H3/t18-/m1/s1. The van der Waals surface area contributed by atoms with E-state index in [0.29, 0.717) is 22.4 Å². The van der Waals surface area contributed by atoms with Gasteiger partial charge in [-0.3, -0.25) is 4.72 Å². The zero-order chi connectivity index (χ0) is 18.0. The van der Waals surface area contributed by atoms with Crippen LogP contribution in [0.2, 0.25) is 0 Å². The van der Waals surface area contributed by atoms with E-state index < -0.39 is 10.0 Å². The number of rotatable bonds is 5. The van der Waals surface area contributed by atoms with Crippen molar-refractivity contribution in [3.05, 3.63) is 59.7 Å². The van der Waals surface area contributed by atoms with Crippen molar-refractivity contribution in [1.29, 1.82) is 0 Å². The normalized spacial score (nSPS) is 18.6. The van der Waals surface area contributed by atoms with Gasteiger partial charge in [0, 0.05) is 12.2 Å². The highest BCUT2D eigenvalue weighted by Gasteiger charge is 2.21. The molecule has 1 heterocycles. The lowest BCUT2D eigenvalue weighted by Crippen LogP contribution is -2.14. The van der Waals surface area contributed by atoms with Crippen molar-refractivity contribution in [3.63, 3.8) is 0 Å². The van der Waals surface area contributed by atoms with Crippen molar-refractivity contribution < 1.29 is 8.42 Å². The van der Waals surface area contributed by atoms with Crippen LogP contribution in [0.5, 0.6) is 0 Å². The molecule has 134 valence electrons. The fraction of sp³-hybridized carbons (Fsp3) is 0.400. The monoisotopic (exact) mass is 358 g/mol. The van der Waals surface area contributed by atoms with Gasteiger partial charge >= 0.3 is 0 Å². The summed E-state index contributed by atoms with van der Waals surface area (Å²) in [6.07, 6.45) is 1.16. The summed E-state index contributed by atoms with van der Waals surface area (Å²) in [5.41, 5.74) is 3.00. The maximum atomic E-state index is 12.5. The minimum absolute atomic E-state index is 0.290. The van der Waals surface area contributed by atoms with Crippen LogP contribution in [0.25, 0.3) is 0 Å². The predicted octanol–water partition coefficient (Wildman–Crippen LogP) is 4.03. The van der Waals surface area contributed by atoms with Crippen molar-refractivity contribution in [2.75, 3.05) is 24.9 Å². The Bertz CT molecular complexity index is 812. The molecule has 3 rings (SSSR count). The van der Waals surface area contributed by atoms with Crippen molar-refractivity contribution in [2.24, 2.45) is 0 Å². The number of benzene rings is 2. The molecular formula is C20H26N2O2S. The first-order chi connectivity index (χ1) is 11.8. The third kappa shape index (κ3) is 4.22. The average molecular weight is 359 g/mol.